The van der Waals surface area contributed by atoms with Crippen LogP contribution in [0, 0.1) is 5.92 Å². The van der Waals surface area contributed by atoms with Crippen molar-refractivity contribution in [3.8, 4) is 5.75 Å². The van der Waals surface area contributed by atoms with Crippen molar-refractivity contribution in [1.29, 1.82) is 0 Å². The molecular formula is C26H27BrN2O4S. The molecule has 0 radical (unpaired) electrons. The summed E-state index contributed by atoms with van der Waals surface area (Å²) in [7, 11) is -2.04. The first-order chi connectivity index (χ1) is 16.4. The van der Waals surface area contributed by atoms with Crippen LogP contribution in [-0.2, 0) is 16.4 Å². The Morgan fingerprint density at radius 2 is 1.71 bits per heavy atom. The highest BCUT2D eigenvalue weighted by molar-refractivity contribution is 9.10. The van der Waals surface area contributed by atoms with Crippen LogP contribution < -0.4 is 10.1 Å². The standard InChI is InChI=1S/C26H27BrN2O4S/c1-33-22-9-12-25(27)24(18-22)26(30)28-21-7-10-23(11-8-21)34(31,32)29-15-13-20(14-16-29)17-19-5-3-2-4-6-19/h2-12,18,20H,13-17H2,1H3,(H,28,30). The van der Waals surface area contributed by atoms with Crippen LogP contribution in [0.3, 0.4) is 0 Å². The molecule has 34 heavy (non-hydrogen) atoms. The van der Waals surface area contributed by atoms with Crippen LogP contribution in [0.4, 0.5) is 5.69 Å². The molecule has 0 spiro atoms. The molecule has 0 atom stereocenters. The molecule has 0 unspecified atom stereocenters. The van der Waals surface area contributed by atoms with Crippen LogP contribution in [0.25, 0.3) is 0 Å². The van der Waals surface area contributed by atoms with Gasteiger partial charge in [-0.25, -0.2) is 8.42 Å². The van der Waals surface area contributed by atoms with E-state index >= 15 is 0 Å². The lowest BCUT2D eigenvalue weighted by molar-refractivity contribution is 0.102. The number of nitrogens with one attached hydrogen (secondary N) is 1. The highest BCUT2D eigenvalue weighted by Crippen LogP contribution is 2.27. The smallest absolute Gasteiger partial charge is 0.256 e. The number of methoxy groups -OCH3 is 1. The van der Waals surface area contributed by atoms with Crippen molar-refractivity contribution >= 4 is 37.5 Å². The molecule has 0 aromatic heterocycles. The Labute approximate surface area is 209 Å². The molecule has 3 aromatic carbocycles. The van der Waals surface area contributed by atoms with Crippen LogP contribution in [-0.4, -0.2) is 38.8 Å². The van der Waals surface area contributed by atoms with E-state index in [1.807, 2.05) is 18.2 Å². The Hall–Kier alpha value is -2.68. The van der Waals surface area contributed by atoms with Gasteiger partial charge in [-0.15, -0.1) is 0 Å². The van der Waals surface area contributed by atoms with Crippen molar-refractivity contribution in [3.05, 3.63) is 88.4 Å². The molecule has 1 saturated heterocycles. The van der Waals surface area contributed by atoms with Gasteiger partial charge in [0.2, 0.25) is 10.0 Å². The predicted octanol–water partition coefficient (Wildman–Crippen LogP) is 5.35. The van der Waals surface area contributed by atoms with Crippen molar-refractivity contribution in [2.24, 2.45) is 5.92 Å². The number of rotatable bonds is 7. The maximum atomic E-state index is 13.1. The summed E-state index contributed by atoms with van der Waals surface area (Å²) in [6, 6.07) is 21.8. The summed E-state index contributed by atoms with van der Waals surface area (Å²) >= 11 is 3.38. The maximum absolute atomic E-state index is 13.1. The lowest BCUT2D eigenvalue weighted by Gasteiger charge is -2.31. The van der Waals surface area contributed by atoms with Crippen LogP contribution in [0.15, 0.2) is 82.2 Å². The van der Waals surface area contributed by atoms with Gasteiger partial charge in [-0.3, -0.25) is 4.79 Å². The zero-order valence-corrected chi connectivity index (χ0v) is 21.3. The average molecular weight is 543 g/mol. The van der Waals surface area contributed by atoms with E-state index in [-0.39, 0.29) is 10.8 Å². The summed E-state index contributed by atoms with van der Waals surface area (Å²) in [5, 5.41) is 2.80. The van der Waals surface area contributed by atoms with E-state index in [1.54, 1.807) is 46.8 Å². The SMILES string of the molecule is COc1ccc(Br)c(C(=O)Nc2ccc(S(=O)(=O)N3CCC(Cc4ccccc4)CC3)cc2)c1. The molecule has 178 valence electrons. The molecule has 1 fully saturated rings. The molecule has 1 aliphatic heterocycles. The average Bonchev–Trinajstić information content (AvgIpc) is 2.85. The second-order valence-electron chi connectivity index (χ2n) is 8.36. The maximum Gasteiger partial charge on any atom is 0.256 e. The Morgan fingerprint density at radius 3 is 2.35 bits per heavy atom. The quantitative estimate of drug-likeness (QED) is 0.436. The van der Waals surface area contributed by atoms with Crippen molar-refractivity contribution < 1.29 is 17.9 Å². The molecule has 0 saturated carbocycles. The van der Waals surface area contributed by atoms with E-state index in [9.17, 15) is 13.2 Å². The fourth-order valence-electron chi connectivity index (χ4n) is 4.16. The highest BCUT2D eigenvalue weighted by Gasteiger charge is 2.29. The number of sulfonamides is 1. The van der Waals surface area contributed by atoms with Crippen LogP contribution in [0.5, 0.6) is 5.75 Å². The topological polar surface area (TPSA) is 75.7 Å². The summed E-state index contributed by atoms with van der Waals surface area (Å²) in [6.07, 6.45) is 2.67. The third kappa shape index (κ3) is 5.68. The molecule has 1 amide bonds. The van der Waals surface area contributed by atoms with Gasteiger partial charge in [0.15, 0.2) is 0 Å². The number of halogens is 1. The number of hydrogen-bond donors (Lipinski definition) is 1. The van der Waals surface area contributed by atoms with Gasteiger partial charge < -0.3 is 10.1 Å². The van der Waals surface area contributed by atoms with E-state index in [0.717, 1.165) is 19.3 Å². The fourth-order valence-corrected chi connectivity index (χ4v) is 6.06. The minimum atomic E-state index is -3.57. The minimum Gasteiger partial charge on any atom is -0.497 e. The normalized spacial score (nSPS) is 15.1. The van der Waals surface area contributed by atoms with E-state index in [0.29, 0.717) is 40.5 Å². The molecule has 0 aliphatic carbocycles. The number of nitrogens with zero attached hydrogens (tertiary/aromatic N) is 1. The second kappa shape index (κ2) is 10.7. The van der Waals surface area contributed by atoms with Crippen molar-refractivity contribution in [2.75, 3.05) is 25.5 Å². The zero-order chi connectivity index (χ0) is 24.1. The largest absolute Gasteiger partial charge is 0.497 e. The second-order valence-corrected chi connectivity index (χ2v) is 11.2. The number of anilines is 1. The van der Waals surface area contributed by atoms with Gasteiger partial charge in [-0.05, 0) is 89.1 Å². The minimum absolute atomic E-state index is 0.231. The number of piperidine rings is 1. The zero-order valence-electron chi connectivity index (χ0n) is 18.9. The highest BCUT2D eigenvalue weighted by atomic mass is 79.9. The van der Waals surface area contributed by atoms with E-state index < -0.39 is 10.0 Å². The number of benzene rings is 3. The van der Waals surface area contributed by atoms with Gasteiger partial charge in [-0.1, -0.05) is 30.3 Å². The molecule has 0 bridgehead atoms. The number of amides is 1. The Bertz CT molecular complexity index is 1240. The third-order valence-corrected chi connectivity index (χ3v) is 8.71. The first-order valence-corrected chi connectivity index (χ1v) is 13.4. The monoisotopic (exact) mass is 542 g/mol. The Balaban J connectivity index is 1.38. The summed E-state index contributed by atoms with van der Waals surface area (Å²) in [5.41, 5.74) is 2.23. The number of carbonyl (C=O) groups is 1. The van der Waals surface area contributed by atoms with Gasteiger partial charge in [0.1, 0.15) is 5.75 Å². The molecule has 8 heteroatoms. The van der Waals surface area contributed by atoms with Gasteiger partial charge in [0.05, 0.1) is 17.6 Å². The Morgan fingerprint density at radius 1 is 1.03 bits per heavy atom. The summed E-state index contributed by atoms with van der Waals surface area (Å²) < 4.78 is 33.7. The lowest BCUT2D eigenvalue weighted by Crippen LogP contribution is -2.38. The van der Waals surface area contributed by atoms with Crippen molar-refractivity contribution in [2.45, 2.75) is 24.2 Å². The molecule has 4 rings (SSSR count). The van der Waals surface area contributed by atoms with Crippen LogP contribution in [0.2, 0.25) is 0 Å². The summed E-state index contributed by atoms with van der Waals surface area (Å²) in [6.45, 7) is 1.03. The molecule has 1 aliphatic rings. The van der Waals surface area contributed by atoms with Gasteiger partial charge in [0.25, 0.3) is 5.91 Å². The van der Waals surface area contributed by atoms with Crippen LogP contribution in [0.1, 0.15) is 28.8 Å². The number of carbonyl (C=O) groups excluding carboxylic acids is 1. The molecule has 3 aromatic rings. The molecule has 1 N–H and O–H groups in total. The van der Waals surface area contributed by atoms with Gasteiger partial charge in [0, 0.05) is 23.2 Å². The lowest BCUT2D eigenvalue weighted by atomic mass is 9.91. The van der Waals surface area contributed by atoms with Crippen molar-refractivity contribution in [3.63, 3.8) is 0 Å². The van der Waals surface area contributed by atoms with E-state index in [1.165, 1.54) is 12.7 Å². The number of ether oxygens (including phenoxy) is 1. The third-order valence-electron chi connectivity index (χ3n) is 6.11. The predicted molar refractivity (Wildman–Crippen MR) is 137 cm³/mol. The van der Waals surface area contributed by atoms with Crippen molar-refractivity contribution in [1.82, 2.24) is 4.31 Å². The fraction of sp³-hybridized carbons (Fsp3) is 0.269. The number of hydrogen-bond acceptors (Lipinski definition) is 4. The van der Waals surface area contributed by atoms with Gasteiger partial charge >= 0.3 is 0 Å². The Kier molecular flexibility index (Phi) is 7.70. The van der Waals surface area contributed by atoms with E-state index in [2.05, 4.69) is 33.4 Å². The van der Waals surface area contributed by atoms with E-state index in [4.69, 9.17) is 4.74 Å². The summed E-state index contributed by atoms with van der Waals surface area (Å²) in [5.74, 6) is 0.742. The molecule has 1 heterocycles. The molecule has 6 nitrogen and oxygen atoms in total. The van der Waals surface area contributed by atoms with Crippen LogP contribution >= 0.6 is 15.9 Å². The first kappa shape index (κ1) is 24.4. The first-order valence-electron chi connectivity index (χ1n) is 11.2. The molecular weight excluding hydrogens is 516 g/mol. The van der Waals surface area contributed by atoms with Gasteiger partial charge in [-0.2, -0.15) is 4.31 Å². The summed E-state index contributed by atoms with van der Waals surface area (Å²) in [4.78, 5) is 12.9.